The molecule has 2 heterocycles. The number of nitrogens with zero attached hydrogens (tertiary/aromatic N) is 2. The molecule has 1 aliphatic rings. The number of likely N-dealkylation sites (tertiary alicyclic amines) is 1. The van der Waals surface area contributed by atoms with Crippen molar-refractivity contribution < 1.29 is 14.7 Å². The van der Waals surface area contributed by atoms with Crippen LogP contribution in [0, 0.1) is 0 Å². The van der Waals surface area contributed by atoms with Gasteiger partial charge in [-0.1, -0.05) is 18.7 Å². The van der Waals surface area contributed by atoms with Gasteiger partial charge in [0.15, 0.2) is 0 Å². The molecule has 1 aromatic heterocycles. The average molecular weight is 293 g/mol. The van der Waals surface area contributed by atoms with Gasteiger partial charge in [-0.25, -0.2) is 4.98 Å². The second-order valence-corrected chi connectivity index (χ2v) is 5.88. The van der Waals surface area contributed by atoms with Crippen molar-refractivity contribution in [2.75, 3.05) is 13.1 Å². The lowest BCUT2D eigenvalue weighted by molar-refractivity contribution is -0.255. The van der Waals surface area contributed by atoms with Crippen LogP contribution in [0.2, 0.25) is 0 Å². The van der Waals surface area contributed by atoms with Crippen molar-refractivity contribution in [2.24, 2.45) is 0 Å². The highest BCUT2D eigenvalue weighted by Gasteiger charge is 2.27. The molecule has 0 bridgehead atoms. The number of rotatable bonds is 5. The van der Waals surface area contributed by atoms with Crippen LogP contribution in [0.5, 0.6) is 0 Å². The minimum absolute atomic E-state index is 0.0465. The summed E-state index contributed by atoms with van der Waals surface area (Å²) in [6, 6.07) is 3.01. The van der Waals surface area contributed by atoms with Crippen LogP contribution in [0.3, 0.4) is 0 Å². The summed E-state index contributed by atoms with van der Waals surface area (Å²) in [4.78, 5) is 29.4. The summed E-state index contributed by atoms with van der Waals surface area (Å²) in [5.41, 5.74) is 0.0465. The highest BCUT2D eigenvalue weighted by Crippen LogP contribution is 2.28. The van der Waals surface area contributed by atoms with Crippen molar-refractivity contribution >= 4 is 23.6 Å². The Kier molecular flexibility index (Phi) is 5.00. The maximum Gasteiger partial charge on any atom is 0.236 e. The summed E-state index contributed by atoms with van der Waals surface area (Å²) in [6.07, 6.45) is 4.26. The topological polar surface area (TPSA) is 73.3 Å². The number of amides is 1. The first-order valence-corrected chi connectivity index (χ1v) is 7.63. The second kappa shape index (κ2) is 6.74. The van der Waals surface area contributed by atoms with Crippen LogP contribution in [-0.4, -0.2) is 40.1 Å². The molecule has 2 rings (SSSR count). The van der Waals surface area contributed by atoms with Crippen molar-refractivity contribution in [3.05, 3.63) is 23.9 Å². The average Bonchev–Trinajstić information content (AvgIpc) is 2.98. The van der Waals surface area contributed by atoms with Gasteiger partial charge in [-0.2, -0.15) is 0 Å². The highest BCUT2D eigenvalue weighted by molar-refractivity contribution is 8.00. The van der Waals surface area contributed by atoms with Gasteiger partial charge >= 0.3 is 0 Å². The Hall–Kier alpha value is -1.56. The lowest BCUT2D eigenvalue weighted by atomic mass is 10.3. The van der Waals surface area contributed by atoms with E-state index in [2.05, 4.69) is 4.98 Å². The Labute approximate surface area is 122 Å². The minimum Gasteiger partial charge on any atom is -0.545 e. The predicted octanol–water partition coefficient (Wildman–Crippen LogP) is 0.938. The van der Waals surface area contributed by atoms with E-state index in [-0.39, 0.29) is 16.7 Å². The fourth-order valence-electron chi connectivity index (χ4n) is 2.22. The quantitative estimate of drug-likeness (QED) is 0.755. The van der Waals surface area contributed by atoms with Gasteiger partial charge < -0.3 is 14.8 Å². The van der Waals surface area contributed by atoms with Crippen LogP contribution < -0.4 is 5.11 Å². The first-order valence-electron chi connectivity index (χ1n) is 6.75. The van der Waals surface area contributed by atoms with Crippen molar-refractivity contribution in [3.8, 4) is 0 Å². The molecule has 108 valence electrons. The Morgan fingerprint density at radius 3 is 2.75 bits per heavy atom. The van der Waals surface area contributed by atoms with Crippen LogP contribution >= 0.6 is 11.8 Å². The van der Waals surface area contributed by atoms with E-state index in [1.54, 1.807) is 6.07 Å². The van der Waals surface area contributed by atoms with Crippen LogP contribution in [0.4, 0.5) is 0 Å². The van der Waals surface area contributed by atoms with Crippen LogP contribution in [0.1, 0.15) is 36.5 Å². The molecule has 0 aliphatic carbocycles. The molecular weight excluding hydrogens is 276 g/mol. The first kappa shape index (κ1) is 14.8. The normalized spacial score (nSPS) is 16.1. The summed E-state index contributed by atoms with van der Waals surface area (Å²) in [6.45, 7) is 3.52. The predicted molar refractivity (Wildman–Crippen MR) is 74.3 cm³/mol. The van der Waals surface area contributed by atoms with Crippen molar-refractivity contribution in [2.45, 2.75) is 36.5 Å². The SMILES string of the molecule is CCC(Sc1ncccc1C(=O)[O-])C(=O)N1CCCC1. The molecule has 1 saturated heterocycles. The molecule has 1 amide bonds. The number of carbonyl (C=O) groups is 2. The zero-order chi connectivity index (χ0) is 14.5. The minimum atomic E-state index is -1.26. The fourth-order valence-corrected chi connectivity index (χ4v) is 3.31. The third-order valence-electron chi connectivity index (χ3n) is 3.31. The maximum atomic E-state index is 12.4. The molecule has 1 unspecified atom stereocenters. The summed E-state index contributed by atoms with van der Waals surface area (Å²) in [5.74, 6) is -1.19. The van der Waals surface area contributed by atoms with Crippen molar-refractivity contribution in [1.82, 2.24) is 9.88 Å². The van der Waals surface area contributed by atoms with Gasteiger partial charge in [0.2, 0.25) is 5.91 Å². The summed E-state index contributed by atoms with van der Waals surface area (Å²) in [7, 11) is 0. The molecule has 1 aliphatic heterocycles. The molecule has 0 spiro atoms. The number of carboxylic acids is 1. The number of carbonyl (C=O) groups excluding carboxylic acids is 2. The molecule has 5 nitrogen and oxygen atoms in total. The van der Waals surface area contributed by atoms with Gasteiger partial charge in [0.25, 0.3) is 0 Å². The maximum absolute atomic E-state index is 12.4. The molecule has 0 saturated carbocycles. The summed E-state index contributed by atoms with van der Waals surface area (Å²) < 4.78 is 0. The molecule has 6 heteroatoms. The van der Waals surface area contributed by atoms with Gasteiger partial charge in [0, 0.05) is 24.8 Å². The third-order valence-corrected chi connectivity index (χ3v) is 4.68. The van der Waals surface area contributed by atoms with E-state index >= 15 is 0 Å². The number of hydrogen-bond acceptors (Lipinski definition) is 5. The molecule has 0 N–H and O–H groups in total. The summed E-state index contributed by atoms with van der Waals surface area (Å²) >= 11 is 1.22. The van der Waals surface area contributed by atoms with Gasteiger partial charge in [-0.15, -0.1) is 0 Å². The van der Waals surface area contributed by atoms with E-state index in [1.165, 1.54) is 24.0 Å². The number of thioether (sulfide) groups is 1. The van der Waals surface area contributed by atoms with Gasteiger partial charge in [-0.05, 0) is 31.4 Å². The zero-order valence-electron chi connectivity index (χ0n) is 11.4. The molecule has 1 fully saturated rings. The molecule has 20 heavy (non-hydrogen) atoms. The molecule has 1 aromatic rings. The highest BCUT2D eigenvalue weighted by atomic mass is 32.2. The van der Waals surface area contributed by atoms with E-state index in [0.29, 0.717) is 11.4 Å². The van der Waals surface area contributed by atoms with Gasteiger partial charge in [0.05, 0.1) is 11.2 Å². The Morgan fingerprint density at radius 2 is 2.15 bits per heavy atom. The van der Waals surface area contributed by atoms with Gasteiger partial charge in [-0.3, -0.25) is 4.79 Å². The van der Waals surface area contributed by atoms with Crippen LogP contribution in [0.15, 0.2) is 23.4 Å². The molecule has 0 aromatic carbocycles. The Morgan fingerprint density at radius 1 is 1.45 bits per heavy atom. The smallest absolute Gasteiger partial charge is 0.236 e. The standard InChI is InChI=1S/C14H18N2O3S/c1-2-11(13(17)16-8-3-4-9-16)20-12-10(14(18)19)6-5-7-15-12/h5-7,11H,2-4,8-9H2,1H3,(H,18,19)/p-1. The monoisotopic (exact) mass is 293 g/mol. The number of carboxylic acid groups (broad SMARTS) is 1. The Balaban J connectivity index is 2.13. The molecule has 0 radical (unpaired) electrons. The number of aromatic nitrogens is 1. The lowest BCUT2D eigenvalue weighted by Crippen LogP contribution is -2.35. The molecule has 1 atom stereocenters. The number of aromatic carboxylic acids is 1. The van der Waals surface area contributed by atoms with Crippen LogP contribution in [-0.2, 0) is 4.79 Å². The number of pyridine rings is 1. The molecular formula is C14H17N2O3S-. The first-order chi connectivity index (χ1) is 9.63. The van der Waals surface area contributed by atoms with E-state index in [9.17, 15) is 14.7 Å². The second-order valence-electron chi connectivity index (χ2n) is 4.69. The van der Waals surface area contributed by atoms with Crippen LogP contribution in [0.25, 0.3) is 0 Å². The largest absolute Gasteiger partial charge is 0.545 e. The van der Waals surface area contributed by atoms with Crippen molar-refractivity contribution in [1.29, 1.82) is 0 Å². The van der Waals surface area contributed by atoms with E-state index in [1.807, 2.05) is 11.8 Å². The lowest BCUT2D eigenvalue weighted by Gasteiger charge is -2.22. The third kappa shape index (κ3) is 3.30. The Bertz CT molecular complexity index is 501. The van der Waals surface area contributed by atoms with E-state index in [0.717, 1.165) is 25.9 Å². The fraction of sp³-hybridized carbons (Fsp3) is 0.500. The zero-order valence-corrected chi connectivity index (χ0v) is 12.2. The van der Waals surface area contributed by atoms with E-state index < -0.39 is 5.97 Å². The van der Waals surface area contributed by atoms with E-state index in [4.69, 9.17) is 0 Å². The van der Waals surface area contributed by atoms with Crippen molar-refractivity contribution in [3.63, 3.8) is 0 Å². The number of hydrogen-bond donors (Lipinski definition) is 0. The summed E-state index contributed by atoms with van der Waals surface area (Å²) in [5, 5.41) is 11.1. The van der Waals surface area contributed by atoms with Gasteiger partial charge in [0.1, 0.15) is 5.03 Å².